The number of para-hydroxylation sites is 1. The number of piperidine rings is 1. The second kappa shape index (κ2) is 16.0. The monoisotopic (exact) mass is 741 g/mol. The molecule has 53 heavy (non-hydrogen) atoms. The van der Waals surface area contributed by atoms with Crippen LogP contribution in [0.4, 0.5) is 35.0 Å². The highest BCUT2D eigenvalue weighted by Crippen LogP contribution is 2.37. The Labute approximate surface area is 312 Å². The Morgan fingerprint density at radius 3 is 1.94 bits per heavy atom. The van der Waals surface area contributed by atoms with Crippen molar-refractivity contribution in [1.82, 2.24) is 0 Å². The number of hydrogen-bond acceptors (Lipinski definition) is 5. The van der Waals surface area contributed by atoms with E-state index in [1.165, 1.54) is 12.1 Å². The van der Waals surface area contributed by atoms with Gasteiger partial charge < -0.3 is 19.3 Å². The lowest BCUT2D eigenvalue weighted by Crippen LogP contribution is -2.46. The van der Waals surface area contributed by atoms with Crippen LogP contribution in [-0.4, -0.2) is 44.6 Å². The van der Waals surface area contributed by atoms with E-state index < -0.39 is 17.1 Å². The van der Waals surface area contributed by atoms with Gasteiger partial charge in [0.2, 0.25) is 0 Å². The molecule has 0 spiro atoms. The van der Waals surface area contributed by atoms with Gasteiger partial charge in [0.1, 0.15) is 11.5 Å². The summed E-state index contributed by atoms with van der Waals surface area (Å²) in [4.78, 5) is 32.6. The van der Waals surface area contributed by atoms with Crippen molar-refractivity contribution in [2.24, 2.45) is 0 Å². The standard InChI is InChI=1S/C42H39ClF3N3O4/c1-28-25-38(52-2)37(39(26-28)53-3)27-48(40(50)36-12-8-7-11-35(36)29-13-15-30(16-14-29)42(44,45)46)32-19-17-31(18-20-32)47-23-21-34(22-24-47)49(41(43)51)33-9-5-4-6-10-33/h4-20,25-26,34H,21-24,27H2,1-3H3. The largest absolute Gasteiger partial charge is 0.496 e. The number of alkyl halides is 3. The van der Waals surface area contributed by atoms with Crippen LogP contribution in [0.15, 0.2) is 115 Å². The average Bonchev–Trinajstić information content (AvgIpc) is 3.17. The van der Waals surface area contributed by atoms with Gasteiger partial charge in [-0.05, 0) is 115 Å². The first-order valence-corrected chi connectivity index (χ1v) is 17.5. The van der Waals surface area contributed by atoms with Crippen molar-refractivity contribution in [3.63, 3.8) is 0 Å². The van der Waals surface area contributed by atoms with Gasteiger partial charge in [0.25, 0.3) is 5.91 Å². The summed E-state index contributed by atoms with van der Waals surface area (Å²) in [6.07, 6.45) is -3.05. The maximum Gasteiger partial charge on any atom is 0.416 e. The third kappa shape index (κ3) is 8.28. The van der Waals surface area contributed by atoms with Gasteiger partial charge in [-0.2, -0.15) is 13.2 Å². The number of carbonyl (C=O) groups is 2. The number of aryl methyl sites for hydroxylation is 1. The maximum atomic E-state index is 14.7. The van der Waals surface area contributed by atoms with E-state index >= 15 is 0 Å². The number of nitrogens with zero attached hydrogens (tertiary/aromatic N) is 3. The molecule has 0 N–H and O–H groups in total. The summed E-state index contributed by atoms with van der Waals surface area (Å²) in [5, 5.41) is -0.509. The van der Waals surface area contributed by atoms with Gasteiger partial charge in [0.15, 0.2) is 0 Å². The molecule has 0 unspecified atom stereocenters. The summed E-state index contributed by atoms with van der Waals surface area (Å²) >= 11 is 6.04. The van der Waals surface area contributed by atoms with Crippen molar-refractivity contribution in [2.45, 2.75) is 38.5 Å². The lowest BCUT2D eigenvalue weighted by molar-refractivity contribution is -0.137. The Morgan fingerprint density at radius 2 is 1.38 bits per heavy atom. The SMILES string of the molecule is COc1cc(C)cc(OC)c1CN(C(=O)c1ccccc1-c1ccc(C(F)(F)F)cc1)c1ccc(N2CCC(N(C(=O)Cl)c3ccccc3)CC2)cc1. The molecule has 1 saturated heterocycles. The molecule has 5 aromatic carbocycles. The fraction of sp³-hybridized carbons (Fsp3) is 0.238. The Balaban J connectivity index is 1.31. The number of methoxy groups -OCH3 is 2. The average molecular weight is 742 g/mol. The third-order valence-electron chi connectivity index (χ3n) is 9.57. The molecule has 0 radical (unpaired) electrons. The van der Waals surface area contributed by atoms with E-state index in [4.69, 9.17) is 21.1 Å². The van der Waals surface area contributed by atoms with Crippen LogP contribution in [-0.2, 0) is 12.7 Å². The van der Waals surface area contributed by atoms with E-state index in [-0.39, 0.29) is 18.5 Å². The molecule has 6 rings (SSSR count). The maximum absolute atomic E-state index is 14.7. The zero-order valence-electron chi connectivity index (χ0n) is 29.6. The smallest absolute Gasteiger partial charge is 0.416 e. The van der Waals surface area contributed by atoms with Gasteiger partial charge in [0.05, 0.1) is 31.9 Å². The molecule has 274 valence electrons. The first-order chi connectivity index (χ1) is 25.5. The minimum Gasteiger partial charge on any atom is -0.496 e. The molecule has 0 aromatic heterocycles. The van der Waals surface area contributed by atoms with Crippen molar-refractivity contribution < 1.29 is 32.2 Å². The number of ether oxygens (including phenoxy) is 2. The Morgan fingerprint density at radius 1 is 0.792 bits per heavy atom. The van der Waals surface area contributed by atoms with E-state index in [0.29, 0.717) is 65.4 Å². The fourth-order valence-corrected chi connectivity index (χ4v) is 7.12. The second-order valence-corrected chi connectivity index (χ2v) is 13.2. The number of carbonyl (C=O) groups excluding carboxylic acids is 2. The molecule has 5 aromatic rings. The van der Waals surface area contributed by atoms with Crippen molar-refractivity contribution in [2.75, 3.05) is 42.0 Å². The Kier molecular flexibility index (Phi) is 11.3. The number of halogens is 4. The van der Waals surface area contributed by atoms with Gasteiger partial charge >= 0.3 is 11.5 Å². The van der Waals surface area contributed by atoms with Gasteiger partial charge in [0, 0.05) is 41.8 Å². The number of rotatable bonds is 10. The number of hydrogen-bond donors (Lipinski definition) is 0. The van der Waals surface area contributed by atoms with Gasteiger partial charge in [-0.25, -0.2) is 0 Å². The van der Waals surface area contributed by atoms with Crippen molar-refractivity contribution >= 4 is 39.9 Å². The molecule has 2 amide bonds. The first-order valence-electron chi connectivity index (χ1n) is 17.2. The number of anilines is 3. The molecule has 1 aliphatic rings. The molecule has 1 fully saturated rings. The topological polar surface area (TPSA) is 62.3 Å². The summed E-state index contributed by atoms with van der Waals surface area (Å²) in [7, 11) is 3.12. The van der Waals surface area contributed by atoms with Crippen molar-refractivity contribution in [3.05, 3.63) is 138 Å². The highest BCUT2D eigenvalue weighted by molar-refractivity contribution is 6.66. The quantitative estimate of drug-likeness (QED) is 0.105. The van der Waals surface area contributed by atoms with E-state index in [9.17, 15) is 22.8 Å². The minimum absolute atomic E-state index is 0.0461. The highest BCUT2D eigenvalue weighted by Gasteiger charge is 2.31. The molecule has 7 nitrogen and oxygen atoms in total. The van der Waals surface area contributed by atoms with Gasteiger partial charge in [-0.1, -0.05) is 48.5 Å². The molecule has 1 aliphatic heterocycles. The first kappa shape index (κ1) is 37.3. The molecular formula is C42H39ClF3N3O4. The van der Waals surface area contributed by atoms with Gasteiger partial charge in [-0.15, -0.1) is 0 Å². The fourth-order valence-electron chi connectivity index (χ4n) is 6.89. The Hall–Kier alpha value is -5.48. The lowest BCUT2D eigenvalue weighted by atomic mass is 9.97. The summed E-state index contributed by atoms with van der Waals surface area (Å²) in [6.45, 7) is 3.39. The van der Waals surface area contributed by atoms with Crippen LogP contribution in [0, 0.1) is 6.92 Å². The van der Waals surface area contributed by atoms with Crippen LogP contribution in [0.25, 0.3) is 11.1 Å². The van der Waals surface area contributed by atoms with Crippen molar-refractivity contribution in [1.29, 1.82) is 0 Å². The summed E-state index contributed by atoms with van der Waals surface area (Å²) in [5.41, 5.74) is 4.43. The number of benzene rings is 5. The molecule has 11 heteroatoms. The highest BCUT2D eigenvalue weighted by atomic mass is 35.5. The van der Waals surface area contributed by atoms with Crippen LogP contribution >= 0.6 is 11.6 Å². The van der Waals surface area contributed by atoms with Crippen LogP contribution in [0.2, 0.25) is 0 Å². The summed E-state index contributed by atoms with van der Waals surface area (Å²) in [6, 6.07) is 32.5. The molecule has 0 saturated carbocycles. The minimum atomic E-state index is -4.48. The van der Waals surface area contributed by atoms with Crippen LogP contribution < -0.4 is 24.2 Å². The molecule has 0 bridgehead atoms. The molecular weight excluding hydrogens is 703 g/mol. The summed E-state index contributed by atoms with van der Waals surface area (Å²) in [5.74, 6) is 0.746. The van der Waals surface area contributed by atoms with E-state index in [1.807, 2.05) is 73.7 Å². The molecule has 0 atom stereocenters. The molecule has 0 aliphatic carbocycles. The third-order valence-corrected chi connectivity index (χ3v) is 9.76. The summed E-state index contributed by atoms with van der Waals surface area (Å²) < 4.78 is 51.6. The zero-order chi connectivity index (χ0) is 37.7. The van der Waals surface area contributed by atoms with Crippen molar-refractivity contribution in [3.8, 4) is 22.6 Å². The predicted molar refractivity (Wildman–Crippen MR) is 204 cm³/mol. The van der Waals surface area contributed by atoms with Gasteiger partial charge in [-0.3, -0.25) is 14.5 Å². The second-order valence-electron chi connectivity index (χ2n) is 12.9. The molecule has 1 heterocycles. The number of amides is 2. The predicted octanol–water partition coefficient (Wildman–Crippen LogP) is 10.4. The van der Waals surface area contributed by atoms with E-state index in [1.54, 1.807) is 48.3 Å². The Bertz CT molecular complexity index is 2020. The van der Waals surface area contributed by atoms with Crippen LogP contribution in [0.3, 0.4) is 0 Å². The van der Waals surface area contributed by atoms with Crippen LogP contribution in [0.5, 0.6) is 11.5 Å². The van der Waals surface area contributed by atoms with E-state index in [2.05, 4.69) is 4.90 Å². The zero-order valence-corrected chi connectivity index (χ0v) is 30.3. The van der Waals surface area contributed by atoms with Crippen LogP contribution in [0.1, 0.15) is 39.9 Å². The lowest BCUT2D eigenvalue weighted by Gasteiger charge is -2.38. The van der Waals surface area contributed by atoms with E-state index in [0.717, 1.165) is 29.1 Å². The normalized spacial score (nSPS) is 13.4.